The fraction of sp³-hybridized carbons (Fsp3) is 0.462. The Morgan fingerprint density at radius 1 is 1.29 bits per heavy atom. The highest BCUT2D eigenvalue weighted by Crippen LogP contribution is 2.33. The molecular weight excluding hydrogens is 311 g/mol. The topological polar surface area (TPSA) is 49.8 Å². The third-order valence-electron chi connectivity index (χ3n) is 3.13. The van der Waals surface area contributed by atoms with E-state index in [1.54, 1.807) is 0 Å². The van der Waals surface area contributed by atoms with Gasteiger partial charge >= 0.3 is 12.1 Å². The molecule has 0 atom stereocenters. The van der Waals surface area contributed by atoms with Crippen molar-refractivity contribution < 1.29 is 27.8 Å². The minimum Gasteiger partial charge on any atom is -0.478 e. The summed E-state index contributed by atoms with van der Waals surface area (Å²) in [5.74, 6) is -1.57. The molecule has 0 aliphatic carbocycles. The molecule has 1 aromatic rings. The highest BCUT2D eigenvalue weighted by molar-refractivity contribution is 5.89. The summed E-state index contributed by atoms with van der Waals surface area (Å²) in [5.41, 5.74) is -1.37. The van der Waals surface area contributed by atoms with Gasteiger partial charge in [-0.05, 0) is 17.7 Å². The lowest BCUT2D eigenvalue weighted by Crippen LogP contribution is -2.35. The Labute approximate surface area is 125 Å². The normalized spacial score (nSPS) is 16.3. The zero-order valence-electron chi connectivity index (χ0n) is 11.0. The lowest BCUT2D eigenvalue weighted by Gasteiger charge is -2.26. The van der Waals surface area contributed by atoms with Gasteiger partial charge in [0.1, 0.15) is 0 Å². The zero-order chi connectivity index (χ0) is 14.8. The summed E-state index contributed by atoms with van der Waals surface area (Å²) in [6.07, 6.45) is -4.67. The van der Waals surface area contributed by atoms with Gasteiger partial charge in [0.05, 0.1) is 24.3 Å². The predicted octanol–water partition coefficient (Wildman–Crippen LogP) is 2.66. The molecule has 21 heavy (non-hydrogen) atoms. The summed E-state index contributed by atoms with van der Waals surface area (Å²) in [5, 5.41) is 8.81. The van der Waals surface area contributed by atoms with Crippen LogP contribution in [0.25, 0.3) is 0 Å². The summed E-state index contributed by atoms with van der Waals surface area (Å²) < 4.78 is 43.8. The largest absolute Gasteiger partial charge is 0.478 e. The van der Waals surface area contributed by atoms with E-state index in [0.29, 0.717) is 38.4 Å². The first-order valence-corrected chi connectivity index (χ1v) is 6.11. The number of morpholine rings is 1. The smallest absolute Gasteiger partial charge is 0.417 e. The third-order valence-corrected chi connectivity index (χ3v) is 3.13. The molecule has 1 saturated heterocycles. The highest BCUT2D eigenvalue weighted by atomic mass is 35.5. The first-order chi connectivity index (χ1) is 9.38. The third kappa shape index (κ3) is 4.59. The van der Waals surface area contributed by atoms with Crippen LogP contribution in [0.4, 0.5) is 13.2 Å². The Bertz CT molecular complexity index is 502. The Morgan fingerprint density at radius 3 is 2.43 bits per heavy atom. The second kappa shape index (κ2) is 7.11. The molecule has 1 N–H and O–H groups in total. The molecule has 0 amide bonds. The average molecular weight is 326 g/mol. The standard InChI is InChI=1S/C13H14F3NO3.ClH/c14-13(15,16)11-7-9(1-2-10(11)12(18)19)8-17-3-5-20-6-4-17;/h1-2,7H,3-6,8H2,(H,18,19);1H. The molecule has 1 fully saturated rings. The van der Waals surface area contributed by atoms with Gasteiger partial charge in [0.25, 0.3) is 0 Å². The second-order valence-corrected chi connectivity index (χ2v) is 4.57. The van der Waals surface area contributed by atoms with E-state index in [2.05, 4.69) is 0 Å². The summed E-state index contributed by atoms with van der Waals surface area (Å²) in [6, 6.07) is 3.36. The number of nitrogens with zero attached hydrogens (tertiary/aromatic N) is 1. The molecule has 118 valence electrons. The number of rotatable bonds is 3. The fourth-order valence-corrected chi connectivity index (χ4v) is 2.13. The molecule has 1 heterocycles. The van der Waals surface area contributed by atoms with Crippen molar-refractivity contribution in [3.63, 3.8) is 0 Å². The second-order valence-electron chi connectivity index (χ2n) is 4.57. The molecular formula is C13H15ClF3NO3. The number of benzene rings is 1. The maximum absolute atomic E-state index is 12.9. The molecule has 2 rings (SSSR count). The van der Waals surface area contributed by atoms with E-state index < -0.39 is 23.3 Å². The van der Waals surface area contributed by atoms with Crippen molar-refractivity contribution in [2.24, 2.45) is 0 Å². The van der Waals surface area contributed by atoms with E-state index in [1.807, 2.05) is 4.90 Å². The van der Waals surface area contributed by atoms with Crippen molar-refractivity contribution in [2.45, 2.75) is 12.7 Å². The highest BCUT2D eigenvalue weighted by Gasteiger charge is 2.35. The molecule has 1 aliphatic rings. The van der Waals surface area contributed by atoms with Crippen LogP contribution in [0.15, 0.2) is 18.2 Å². The van der Waals surface area contributed by atoms with Crippen LogP contribution < -0.4 is 0 Å². The molecule has 0 saturated carbocycles. The van der Waals surface area contributed by atoms with Gasteiger partial charge in [-0.2, -0.15) is 13.2 Å². The van der Waals surface area contributed by atoms with Crippen LogP contribution in [0, 0.1) is 0 Å². The van der Waals surface area contributed by atoms with Gasteiger partial charge in [0.15, 0.2) is 0 Å². The van der Waals surface area contributed by atoms with Gasteiger partial charge in [0, 0.05) is 19.6 Å². The van der Waals surface area contributed by atoms with Gasteiger partial charge in [-0.1, -0.05) is 6.07 Å². The van der Waals surface area contributed by atoms with Crippen LogP contribution in [0.3, 0.4) is 0 Å². The number of carbonyl (C=O) groups is 1. The number of aromatic carboxylic acids is 1. The van der Waals surface area contributed by atoms with E-state index in [-0.39, 0.29) is 12.4 Å². The first-order valence-electron chi connectivity index (χ1n) is 6.11. The summed E-state index contributed by atoms with van der Waals surface area (Å²) >= 11 is 0. The summed E-state index contributed by atoms with van der Waals surface area (Å²) in [6.45, 7) is 2.77. The number of hydrogen-bond donors (Lipinski definition) is 1. The van der Waals surface area contributed by atoms with Crippen LogP contribution in [-0.4, -0.2) is 42.3 Å². The van der Waals surface area contributed by atoms with E-state index in [0.717, 1.165) is 12.1 Å². The number of ether oxygens (including phenoxy) is 1. The predicted molar refractivity (Wildman–Crippen MR) is 71.7 cm³/mol. The Balaban J connectivity index is 0.00000220. The van der Waals surface area contributed by atoms with Gasteiger partial charge in [-0.25, -0.2) is 4.79 Å². The van der Waals surface area contributed by atoms with Crippen LogP contribution in [0.1, 0.15) is 21.5 Å². The van der Waals surface area contributed by atoms with Crippen molar-refractivity contribution >= 4 is 18.4 Å². The molecule has 0 spiro atoms. The van der Waals surface area contributed by atoms with Gasteiger partial charge in [-0.15, -0.1) is 12.4 Å². The van der Waals surface area contributed by atoms with E-state index in [1.165, 1.54) is 6.07 Å². The minimum absolute atomic E-state index is 0. The quantitative estimate of drug-likeness (QED) is 0.928. The van der Waals surface area contributed by atoms with Crippen molar-refractivity contribution in [1.29, 1.82) is 0 Å². The summed E-state index contributed by atoms with van der Waals surface area (Å²) in [7, 11) is 0. The molecule has 4 nitrogen and oxygen atoms in total. The molecule has 1 aliphatic heterocycles. The molecule has 0 aromatic heterocycles. The van der Waals surface area contributed by atoms with Crippen molar-refractivity contribution in [3.8, 4) is 0 Å². The molecule has 8 heteroatoms. The maximum atomic E-state index is 12.9. The van der Waals surface area contributed by atoms with Crippen molar-refractivity contribution in [1.82, 2.24) is 4.90 Å². The van der Waals surface area contributed by atoms with Crippen LogP contribution in [0.2, 0.25) is 0 Å². The molecule has 0 radical (unpaired) electrons. The number of carboxylic acids is 1. The van der Waals surface area contributed by atoms with E-state index in [4.69, 9.17) is 9.84 Å². The van der Waals surface area contributed by atoms with Crippen molar-refractivity contribution in [2.75, 3.05) is 26.3 Å². The van der Waals surface area contributed by atoms with Crippen LogP contribution in [0.5, 0.6) is 0 Å². The maximum Gasteiger partial charge on any atom is 0.417 e. The molecule has 0 unspecified atom stereocenters. The zero-order valence-corrected chi connectivity index (χ0v) is 11.8. The van der Waals surface area contributed by atoms with Crippen molar-refractivity contribution in [3.05, 3.63) is 34.9 Å². The number of carboxylic acid groups (broad SMARTS) is 1. The van der Waals surface area contributed by atoms with E-state index in [9.17, 15) is 18.0 Å². The van der Waals surface area contributed by atoms with Crippen LogP contribution in [-0.2, 0) is 17.5 Å². The Morgan fingerprint density at radius 2 is 1.90 bits per heavy atom. The lowest BCUT2D eigenvalue weighted by atomic mass is 10.0. The van der Waals surface area contributed by atoms with Gasteiger partial charge in [0.2, 0.25) is 0 Å². The molecule has 1 aromatic carbocycles. The first kappa shape index (κ1) is 17.7. The summed E-state index contributed by atoms with van der Waals surface area (Å²) in [4.78, 5) is 12.8. The Kier molecular flexibility index (Phi) is 6.00. The monoisotopic (exact) mass is 325 g/mol. The minimum atomic E-state index is -4.67. The van der Waals surface area contributed by atoms with Crippen LogP contribution >= 0.6 is 12.4 Å². The number of alkyl halides is 3. The average Bonchev–Trinajstić information content (AvgIpc) is 2.38. The van der Waals surface area contributed by atoms with E-state index >= 15 is 0 Å². The number of halogens is 4. The SMILES string of the molecule is Cl.O=C(O)c1ccc(CN2CCOCC2)cc1C(F)(F)F. The fourth-order valence-electron chi connectivity index (χ4n) is 2.13. The lowest BCUT2D eigenvalue weighted by molar-refractivity contribution is -0.138. The van der Waals surface area contributed by atoms with Gasteiger partial charge in [-0.3, -0.25) is 4.90 Å². The number of hydrogen-bond acceptors (Lipinski definition) is 3. The molecule has 0 bridgehead atoms. The van der Waals surface area contributed by atoms with Gasteiger partial charge < -0.3 is 9.84 Å². The Hall–Kier alpha value is -1.31.